The van der Waals surface area contributed by atoms with Gasteiger partial charge < -0.3 is 0 Å². The molecule has 1 fully saturated rings. The predicted octanol–water partition coefficient (Wildman–Crippen LogP) is 0.954. The normalized spacial score (nSPS) is 23.9. The zero-order valence-corrected chi connectivity index (χ0v) is 7.75. The number of hydrogen-bond donors (Lipinski definition) is 0. The summed E-state index contributed by atoms with van der Waals surface area (Å²) in [5.74, 6) is 0. The van der Waals surface area contributed by atoms with Gasteiger partial charge in [0.2, 0.25) is 0 Å². The quantitative estimate of drug-likeness (QED) is 0.568. The van der Waals surface area contributed by atoms with Gasteiger partial charge in [0.05, 0.1) is 11.4 Å². The molecule has 0 radical (unpaired) electrons. The Morgan fingerprint density at radius 1 is 1.25 bits per heavy atom. The van der Waals surface area contributed by atoms with Crippen LogP contribution in [0.25, 0.3) is 0 Å². The molecule has 0 aromatic carbocycles. The number of likely N-dealkylation sites (tertiary alicyclic amines) is 1. The van der Waals surface area contributed by atoms with Crippen LogP contribution in [0.3, 0.4) is 0 Å². The van der Waals surface area contributed by atoms with Crippen molar-refractivity contribution in [2.75, 3.05) is 19.8 Å². The molecule has 0 N–H and O–H groups in total. The minimum absolute atomic E-state index is 0.634. The molecule has 0 amide bonds. The summed E-state index contributed by atoms with van der Waals surface area (Å²) in [6, 6.07) is 0.634. The van der Waals surface area contributed by atoms with Crippen LogP contribution in [0.2, 0.25) is 0 Å². The van der Waals surface area contributed by atoms with Crippen LogP contribution in [-0.4, -0.2) is 42.1 Å². The Balaban J connectivity index is 2.07. The van der Waals surface area contributed by atoms with Gasteiger partial charge in [0, 0.05) is 25.6 Å². The summed E-state index contributed by atoms with van der Waals surface area (Å²) in [6.07, 6.45) is 1.09. The van der Waals surface area contributed by atoms with Crippen molar-refractivity contribution in [3.05, 3.63) is 0 Å². The highest BCUT2D eigenvalue weighted by Gasteiger charge is 2.24. The Morgan fingerprint density at radius 2 is 2.00 bits per heavy atom. The predicted molar refractivity (Wildman–Crippen MR) is 51.1 cm³/mol. The number of hydrogen-bond acceptors (Lipinski definition) is 3. The average molecular weight is 165 g/mol. The van der Waals surface area contributed by atoms with Gasteiger partial charge in [-0.15, -0.1) is 0 Å². The first-order valence-corrected chi connectivity index (χ1v) is 4.58. The number of aliphatic imine (C=N–C) groups is 2. The molecule has 0 bridgehead atoms. The molecule has 2 rings (SSSR count). The van der Waals surface area contributed by atoms with Gasteiger partial charge in [-0.3, -0.25) is 14.9 Å². The number of piperidine rings is 1. The molecule has 0 unspecified atom stereocenters. The van der Waals surface area contributed by atoms with E-state index in [9.17, 15) is 0 Å². The van der Waals surface area contributed by atoms with E-state index in [1.54, 1.807) is 0 Å². The van der Waals surface area contributed by atoms with Crippen molar-refractivity contribution in [3.8, 4) is 0 Å². The molecule has 0 spiro atoms. The summed E-state index contributed by atoms with van der Waals surface area (Å²) in [5.41, 5.74) is 2.49. The minimum atomic E-state index is 0.634. The third-order valence-electron chi connectivity index (χ3n) is 2.58. The molecule has 2 heterocycles. The zero-order valence-electron chi connectivity index (χ0n) is 7.75. The zero-order chi connectivity index (χ0) is 8.55. The third-order valence-corrected chi connectivity index (χ3v) is 2.58. The van der Waals surface area contributed by atoms with Crippen LogP contribution < -0.4 is 0 Å². The lowest BCUT2D eigenvalue weighted by atomic mass is 10.1. The van der Waals surface area contributed by atoms with Crippen molar-refractivity contribution in [3.63, 3.8) is 0 Å². The highest BCUT2D eigenvalue weighted by molar-refractivity contribution is 6.44. The molecule has 0 atom stereocenters. The second-order valence-electron chi connectivity index (χ2n) is 3.67. The van der Waals surface area contributed by atoms with Gasteiger partial charge in [-0.1, -0.05) is 0 Å². The van der Waals surface area contributed by atoms with Gasteiger partial charge in [-0.2, -0.15) is 0 Å². The van der Waals surface area contributed by atoms with Gasteiger partial charge in [0.1, 0.15) is 6.67 Å². The van der Waals surface area contributed by atoms with Crippen LogP contribution in [-0.2, 0) is 0 Å². The van der Waals surface area contributed by atoms with E-state index in [1.807, 2.05) is 0 Å². The van der Waals surface area contributed by atoms with Crippen molar-refractivity contribution in [2.45, 2.75) is 26.3 Å². The van der Waals surface area contributed by atoms with E-state index in [0.717, 1.165) is 19.5 Å². The molecule has 1 saturated heterocycles. The lowest BCUT2D eigenvalue weighted by Crippen LogP contribution is -2.43. The lowest BCUT2D eigenvalue weighted by Gasteiger charge is -2.30. The Kier molecular flexibility index (Phi) is 1.97. The summed E-state index contributed by atoms with van der Waals surface area (Å²) in [6.45, 7) is 7.30. The van der Waals surface area contributed by atoms with Crippen LogP contribution in [0.4, 0.5) is 0 Å². The van der Waals surface area contributed by atoms with E-state index >= 15 is 0 Å². The molecule has 3 nitrogen and oxygen atoms in total. The van der Waals surface area contributed by atoms with Gasteiger partial charge in [0.15, 0.2) is 0 Å². The molecule has 2 aliphatic heterocycles. The molecule has 0 aromatic heterocycles. The van der Waals surface area contributed by atoms with Crippen molar-refractivity contribution < 1.29 is 0 Å². The largest absolute Gasteiger partial charge is 0.295 e. The van der Waals surface area contributed by atoms with Crippen LogP contribution in [0.15, 0.2) is 9.98 Å². The fourth-order valence-electron chi connectivity index (χ4n) is 1.71. The molecule has 2 aliphatic rings. The molecule has 3 heteroatoms. The summed E-state index contributed by atoms with van der Waals surface area (Å²) < 4.78 is 0. The summed E-state index contributed by atoms with van der Waals surface area (Å²) in [4.78, 5) is 11.1. The first kappa shape index (κ1) is 7.92. The maximum atomic E-state index is 4.36. The third kappa shape index (κ3) is 1.29. The van der Waals surface area contributed by atoms with Crippen LogP contribution >= 0.6 is 0 Å². The molecular formula is C9H15N3. The van der Waals surface area contributed by atoms with E-state index < -0.39 is 0 Å². The van der Waals surface area contributed by atoms with E-state index in [4.69, 9.17) is 0 Å². The smallest absolute Gasteiger partial charge is 0.130 e. The SMILES string of the molecule is CC(C)N1CCC2=NCN=C2C1. The highest BCUT2D eigenvalue weighted by atomic mass is 15.2. The van der Waals surface area contributed by atoms with Crippen molar-refractivity contribution >= 4 is 11.4 Å². The fraction of sp³-hybridized carbons (Fsp3) is 0.778. The van der Waals surface area contributed by atoms with Gasteiger partial charge >= 0.3 is 0 Å². The van der Waals surface area contributed by atoms with Crippen molar-refractivity contribution in [1.82, 2.24) is 4.90 Å². The van der Waals surface area contributed by atoms with Gasteiger partial charge in [-0.05, 0) is 13.8 Å². The monoisotopic (exact) mass is 165 g/mol. The molecular weight excluding hydrogens is 150 g/mol. The Labute approximate surface area is 73.2 Å². The highest BCUT2D eigenvalue weighted by Crippen LogP contribution is 2.12. The number of rotatable bonds is 1. The maximum absolute atomic E-state index is 4.36. The van der Waals surface area contributed by atoms with E-state index in [0.29, 0.717) is 12.7 Å². The molecule has 0 aromatic rings. The van der Waals surface area contributed by atoms with Gasteiger partial charge in [0.25, 0.3) is 0 Å². The number of fused-ring (bicyclic) bond motifs is 1. The van der Waals surface area contributed by atoms with E-state index in [-0.39, 0.29) is 0 Å². The average Bonchev–Trinajstić information content (AvgIpc) is 2.49. The molecule has 0 aliphatic carbocycles. The van der Waals surface area contributed by atoms with Crippen molar-refractivity contribution in [2.24, 2.45) is 9.98 Å². The summed E-state index contributed by atoms with van der Waals surface area (Å²) in [7, 11) is 0. The molecule has 66 valence electrons. The maximum Gasteiger partial charge on any atom is 0.130 e. The summed E-state index contributed by atoms with van der Waals surface area (Å²) in [5, 5.41) is 0. The first-order valence-electron chi connectivity index (χ1n) is 4.58. The Hall–Kier alpha value is -0.700. The lowest BCUT2D eigenvalue weighted by molar-refractivity contribution is 0.257. The second-order valence-corrected chi connectivity index (χ2v) is 3.67. The Bertz CT molecular complexity index is 240. The van der Waals surface area contributed by atoms with Crippen LogP contribution in [0, 0.1) is 0 Å². The summed E-state index contributed by atoms with van der Waals surface area (Å²) >= 11 is 0. The second kappa shape index (κ2) is 2.98. The number of nitrogens with zero attached hydrogens (tertiary/aromatic N) is 3. The Morgan fingerprint density at radius 3 is 2.75 bits per heavy atom. The minimum Gasteiger partial charge on any atom is -0.295 e. The van der Waals surface area contributed by atoms with Crippen molar-refractivity contribution in [1.29, 1.82) is 0 Å². The topological polar surface area (TPSA) is 28.0 Å². The van der Waals surface area contributed by atoms with Crippen LogP contribution in [0.1, 0.15) is 20.3 Å². The van der Waals surface area contributed by atoms with E-state index in [2.05, 4.69) is 28.7 Å². The standard InChI is InChI=1S/C9H15N3/c1-7(2)12-4-3-8-9(5-12)11-6-10-8/h7H,3-6H2,1-2H3. The van der Waals surface area contributed by atoms with Gasteiger partial charge in [-0.25, -0.2) is 0 Å². The molecule has 12 heavy (non-hydrogen) atoms. The van der Waals surface area contributed by atoms with E-state index in [1.165, 1.54) is 11.4 Å². The van der Waals surface area contributed by atoms with Crippen LogP contribution in [0.5, 0.6) is 0 Å². The molecule has 0 saturated carbocycles. The first-order chi connectivity index (χ1) is 5.77. The fourth-order valence-corrected chi connectivity index (χ4v) is 1.71.